The first-order valence-corrected chi connectivity index (χ1v) is 15.4. The van der Waals surface area contributed by atoms with Crippen LogP contribution in [0.4, 0.5) is 0 Å². The lowest BCUT2D eigenvalue weighted by molar-refractivity contribution is 1.13. The summed E-state index contributed by atoms with van der Waals surface area (Å²) >= 11 is 0. The van der Waals surface area contributed by atoms with Gasteiger partial charge in [-0.25, -0.2) is 0 Å². The number of benzene rings is 7. The van der Waals surface area contributed by atoms with E-state index in [1.54, 1.807) is 0 Å². The van der Waals surface area contributed by atoms with E-state index >= 15 is 0 Å². The zero-order valence-corrected chi connectivity index (χ0v) is 24.9. The van der Waals surface area contributed by atoms with Crippen LogP contribution in [0, 0.1) is 0 Å². The Morgan fingerprint density at radius 2 is 1.02 bits per heavy atom. The molecule has 2 aromatic heterocycles. The van der Waals surface area contributed by atoms with Crippen LogP contribution < -0.4 is 0 Å². The standard InChI is InChI=1S/C40H26N2.C2H6/c1-2-11-30-25-32(22-17-27(30)9-1)42-39-16-8-6-13-34(39)37-26-36(33-12-4-5-14-35(33)40(37)42)28-18-20-31(21-19-28)41-24-23-29-10-3-7-15-38(29)41;1-2/h1-26H;1-2H3. The van der Waals surface area contributed by atoms with Crippen molar-refractivity contribution in [2.75, 3.05) is 0 Å². The Morgan fingerprint density at radius 1 is 0.409 bits per heavy atom. The van der Waals surface area contributed by atoms with Gasteiger partial charge in [-0.15, -0.1) is 0 Å². The Balaban J connectivity index is 0.00000142. The summed E-state index contributed by atoms with van der Waals surface area (Å²) in [6, 6.07) is 55.1. The van der Waals surface area contributed by atoms with Crippen LogP contribution in [0.25, 0.3) is 76.8 Å². The molecule has 0 radical (unpaired) electrons. The lowest BCUT2D eigenvalue weighted by Crippen LogP contribution is -1.95. The fourth-order valence-corrected chi connectivity index (χ4v) is 6.76. The zero-order chi connectivity index (χ0) is 29.6. The molecule has 2 heteroatoms. The molecular weight excluding hydrogens is 532 g/mol. The van der Waals surface area contributed by atoms with Crippen molar-refractivity contribution in [1.29, 1.82) is 0 Å². The Hall–Kier alpha value is -5.60. The van der Waals surface area contributed by atoms with Crippen LogP contribution in [0.2, 0.25) is 0 Å². The molecular formula is C42H32N2. The van der Waals surface area contributed by atoms with E-state index in [4.69, 9.17) is 0 Å². The van der Waals surface area contributed by atoms with Gasteiger partial charge in [0.2, 0.25) is 0 Å². The lowest BCUT2D eigenvalue weighted by Gasteiger charge is -2.14. The molecule has 0 aliphatic carbocycles. The Bertz CT molecular complexity index is 2460. The Kier molecular flexibility index (Phi) is 6.27. The highest BCUT2D eigenvalue weighted by Crippen LogP contribution is 2.41. The van der Waals surface area contributed by atoms with Gasteiger partial charge in [0.1, 0.15) is 0 Å². The summed E-state index contributed by atoms with van der Waals surface area (Å²) < 4.78 is 4.71. The number of hydrogen-bond donors (Lipinski definition) is 0. The first kappa shape index (κ1) is 26.1. The normalized spacial score (nSPS) is 11.4. The van der Waals surface area contributed by atoms with Crippen molar-refractivity contribution < 1.29 is 0 Å². The van der Waals surface area contributed by atoms with Crippen LogP contribution in [0.5, 0.6) is 0 Å². The van der Waals surface area contributed by atoms with E-state index in [0.717, 1.165) is 0 Å². The zero-order valence-electron chi connectivity index (χ0n) is 24.9. The monoisotopic (exact) mass is 564 g/mol. The number of fused-ring (bicyclic) bond motifs is 7. The summed E-state index contributed by atoms with van der Waals surface area (Å²) in [6.07, 6.45) is 2.16. The SMILES string of the molecule is CC.c1ccc2cc(-n3c4ccccc4c4cc(-c5ccc(-n6ccc7ccccc76)cc5)c5ccccc5c43)ccc2c1. The van der Waals surface area contributed by atoms with Crippen LogP contribution >= 0.6 is 0 Å². The average molecular weight is 565 g/mol. The molecule has 0 saturated carbocycles. The largest absolute Gasteiger partial charge is 0.317 e. The summed E-state index contributed by atoms with van der Waals surface area (Å²) in [4.78, 5) is 0. The van der Waals surface area contributed by atoms with E-state index in [0.29, 0.717) is 0 Å². The van der Waals surface area contributed by atoms with Crippen molar-refractivity contribution in [3.8, 4) is 22.5 Å². The van der Waals surface area contributed by atoms with E-state index in [1.807, 2.05) is 13.8 Å². The van der Waals surface area contributed by atoms with Gasteiger partial charge in [0, 0.05) is 33.7 Å². The molecule has 9 rings (SSSR count). The van der Waals surface area contributed by atoms with Crippen molar-refractivity contribution >= 4 is 54.3 Å². The first-order chi connectivity index (χ1) is 21.8. The number of para-hydroxylation sites is 2. The predicted octanol–water partition coefficient (Wildman–Crippen LogP) is 11.7. The van der Waals surface area contributed by atoms with Gasteiger partial charge in [-0.2, -0.15) is 0 Å². The van der Waals surface area contributed by atoms with Gasteiger partial charge in [0.05, 0.1) is 16.6 Å². The summed E-state index contributed by atoms with van der Waals surface area (Å²) in [5.41, 5.74) is 8.51. The molecule has 0 atom stereocenters. The van der Waals surface area contributed by atoms with E-state index in [1.165, 1.54) is 76.8 Å². The number of rotatable bonds is 3. The summed E-state index contributed by atoms with van der Waals surface area (Å²) in [7, 11) is 0. The minimum absolute atomic E-state index is 1.17. The maximum absolute atomic E-state index is 2.45. The predicted molar refractivity (Wildman–Crippen MR) is 189 cm³/mol. The number of nitrogens with zero attached hydrogens (tertiary/aromatic N) is 2. The van der Waals surface area contributed by atoms with E-state index in [2.05, 4.69) is 167 Å². The maximum Gasteiger partial charge on any atom is 0.0619 e. The van der Waals surface area contributed by atoms with Crippen molar-refractivity contribution in [1.82, 2.24) is 9.13 Å². The van der Waals surface area contributed by atoms with Gasteiger partial charge in [0.25, 0.3) is 0 Å². The highest BCUT2D eigenvalue weighted by Gasteiger charge is 2.18. The fraction of sp³-hybridized carbons (Fsp3) is 0.0476. The molecule has 0 N–H and O–H groups in total. The van der Waals surface area contributed by atoms with Gasteiger partial charge in [0.15, 0.2) is 0 Å². The highest BCUT2D eigenvalue weighted by atomic mass is 15.0. The molecule has 0 unspecified atom stereocenters. The molecule has 2 heterocycles. The van der Waals surface area contributed by atoms with Gasteiger partial charge < -0.3 is 9.13 Å². The molecule has 7 aromatic carbocycles. The smallest absolute Gasteiger partial charge is 0.0619 e. The van der Waals surface area contributed by atoms with E-state index in [9.17, 15) is 0 Å². The Morgan fingerprint density at radius 3 is 1.82 bits per heavy atom. The third kappa shape index (κ3) is 4.03. The van der Waals surface area contributed by atoms with Crippen molar-refractivity contribution in [2.45, 2.75) is 13.8 Å². The van der Waals surface area contributed by atoms with Crippen LogP contribution in [-0.2, 0) is 0 Å². The quantitative estimate of drug-likeness (QED) is 0.202. The van der Waals surface area contributed by atoms with E-state index < -0.39 is 0 Å². The molecule has 0 aliphatic heterocycles. The van der Waals surface area contributed by atoms with Gasteiger partial charge in [-0.3, -0.25) is 0 Å². The molecule has 0 spiro atoms. The van der Waals surface area contributed by atoms with Crippen molar-refractivity contribution in [3.05, 3.63) is 158 Å². The third-order valence-corrected chi connectivity index (χ3v) is 8.72. The summed E-state index contributed by atoms with van der Waals surface area (Å²) in [5.74, 6) is 0. The van der Waals surface area contributed by atoms with Crippen LogP contribution in [-0.4, -0.2) is 9.13 Å². The van der Waals surface area contributed by atoms with Crippen molar-refractivity contribution in [3.63, 3.8) is 0 Å². The maximum atomic E-state index is 2.45. The summed E-state index contributed by atoms with van der Waals surface area (Å²) in [5, 5.41) is 8.81. The van der Waals surface area contributed by atoms with Crippen molar-refractivity contribution in [2.24, 2.45) is 0 Å². The second-order valence-corrected chi connectivity index (χ2v) is 11.0. The minimum Gasteiger partial charge on any atom is -0.317 e. The molecule has 9 aromatic rings. The second-order valence-electron chi connectivity index (χ2n) is 11.0. The van der Waals surface area contributed by atoms with Gasteiger partial charge in [-0.1, -0.05) is 117 Å². The van der Waals surface area contributed by atoms with Gasteiger partial charge in [-0.05, 0) is 81.2 Å². The minimum atomic E-state index is 1.17. The molecule has 0 aliphatic rings. The van der Waals surface area contributed by atoms with Crippen LogP contribution in [0.1, 0.15) is 13.8 Å². The van der Waals surface area contributed by atoms with Crippen LogP contribution in [0.3, 0.4) is 0 Å². The average Bonchev–Trinajstić information content (AvgIpc) is 3.68. The molecule has 0 saturated heterocycles. The third-order valence-electron chi connectivity index (χ3n) is 8.72. The lowest BCUT2D eigenvalue weighted by atomic mass is 9.95. The van der Waals surface area contributed by atoms with Crippen LogP contribution in [0.15, 0.2) is 158 Å². The fourth-order valence-electron chi connectivity index (χ4n) is 6.76. The molecule has 2 nitrogen and oxygen atoms in total. The molecule has 210 valence electrons. The molecule has 44 heavy (non-hydrogen) atoms. The first-order valence-electron chi connectivity index (χ1n) is 15.4. The topological polar surface area (TPSA) is 9.86 Å². The summed E-state index contributed by atoms with van der Waals surface area (Å²) in [6.45, 7) is 4.00. The highest BCUT2D eigenvalue weighted by molar-refractivity contribution is 6.22. The van der Waals surface area contributed by atoms with Gasteiger partial charge >= 0.3 is 0 Å². The second kappa shape index (κ2) is 10.6. The molecule has 0 bridgehead atoms. The number of hydrogen-bond acceptors (Lipinski definition) is 0. The Labute approximate surface area is 257 Å². The molecule has 0 amide bonds. The van der Waals surface area contributed by atoms with E-state index in [-0.39, 0.29) is 0 Å². The molecule has 0 fully saturated rings. The number of aromatic nitrogens is 2.